The highest BCUT2D eigenvalue weighted by Gasteiger charge is 2.19. The number of hydrogen-bond acceptors (Lipinski definition) is 0. The second kappa shape index (κ2) is 6.93. The molecule has 0 amide bonds. The second-order valence-corrected chi connectivity index (χ2v) is 6.44. The molecule has 2 aromatic carbocycles. The van der Waals surface area contributed by atoms with Gasteiger partial charge in [0.2, 0.25) is 0 Å². The molecule has 112 valence electrons. The summed E-state index contributed by atoms with van der Waals surface area (Å²) in [5, 5.41) is 0. The quantitative estimate of drug-likeness (QED) is 0.583. The summed E-state index contributed by atoms with van der Waals surface area (Å²) >= 11 is 0. The second-order valence-electron chi connectivity index (χ2n) is 6.44. The Morgan fingerprint density at radius 1 is 0.667 bits per heavy atom. The molecule has 0 aliphatic rings. The van der Waals surface area contributed by atoms with Crippen molar-refractivity contribution in [2.24, 2.45) is 5.41 Å². The molecule has 0 radical (unpaired) electrons. The summed E-state index contributed by atoms with van der Waals surface area (Å²) in [4.78, 5) is 0. The third kappa shape index (κ3) is 3.97. The molecule has 0 aliphatic heterocycles. The van der Waals surface area contributed by atoms with Gasteiger partial charge in [0, 0.05) is 0 Å². The Kier molecular flexibility index (Phi) is 5.22. The van der Waals surface area contributed by atoms with Crippen LogP contribution in [0.15, 0.2) is 48.5 Å². The average molecular weight is 280 g/mol. The van der Waals surface area contributed by atoms with Gasteiger partial charge in [-0.25, -0.2) is 0 Å². The number of rotatable bonds is 6. The molecule has 0 aliphatic carbocycles. The summed E-state index contributed by atoms with van der Waals surface area (Å²) in [6.07, 6.45) is 4.76. The van der Waals surface area contributed by atoms with Gasteiger partial charge in [0.05, 0.1) is 0 Å². The minimum atomic E-state index is 0.435. The lowest BCUT2D eigenvalue weighted by Gasteiger charge is -2.26. The standard InChI is InChI=1S/C21H28/c1-5-17-8-12-19(13-9-17)20-14-10-18(11-15-20)16-21(4,6-2)7-3/h8-15H,5-7,16H2,1-4H3. The Balaban J connectivity index is 2.14. The Bertz CT molecular complexity index is 542. The molecule has 0 heteroatoms. The Morgan fingerprint density at radius 2 is 1.10 bits per heavy atom. The molecule has 0 aromatic heterocycles. The van der Waals surface area contributed by atoms with Crippen LogP contribution in [0.3, 0.4) is 0 Å². The predicted octanol–water partition coefficient (Wildman–Crippen LogP) is 6.28. The lowest BCUT2D eigenvalue weighted by atomic mass is 9.79. The number of hydrogen-bond donors (Lipinski definition) is 0. The molecule has 0 saturated heterocycles. The molecule has 0 nitrogen and oxygen atoms in total. The maximum Gasteiger partial charge on any atom is -0.0184 e. The summed E-state index contributed by atoms with van der Waals surface area (Å²) < 4.78 is 0. The minimum Gasteiger partial charge on any atom is -0.0649 e. The average Bonchev–Trinajstić information content (AvgIpc) is 2.55. The van der Waals surface area contributed by atoms with Crippen molar-refractivity contribution >= 4 is 0 Å². The number of benzene rings is 2. The first-order valence-electron chi connectivity index (χ1n) is 8.28. The summed E-state index contributed by atoms with van der Waals surface area (Å²) in [5.41, 5.74) is 5.92. The summed E-state index contributed by atoms with van der Waals surface area (Å²) in [7, 11) is 0. The van der Waals surface area contributed by atoms with E-state index in [0.717, 1.165) is 6.42 Å². The van der Waals surface area contributed by atoms with Crippen LogP contribution in [-0.2, 0) is 12.8 Å². The fraction of sp³-hybridized carbons (Fsp3) is 0.429. The van der Waals surface area contributed by atoms with E-state index < -0.39 is 0 Å². The van der Waals surface area contributed by atoms with Crippen molar-refractivity contribution in [3.05, 3.63) is 59.7 Å². The summed E-state index contributed by atoms with van der Waals surface area (Å²) in [6, 6.07) is 18.1. The van der Waals surface area contributed by atoms with Crippen molar-refractivity contribution in [2.45, 2.75) is 53.4 Å². The first-order valence-corrected chi connectivity index (χ1v) is 8.28. The normalized spacial score (nSPS) is 11.6. The predicted molar refractivity (Wildman–Crippen MR) is 93.6 cm³/mol. The molecule has 0 N–H and O–H groups in total. The van der Waals surface area contributed by atoms with E-state index in [1.807, 2.05) is 0 Å². The highest BCUT2D eigenvalue weighted by molar-refractivity contribution is 5.64. The zero-order chi connectivity index (χ0) is 15.3. The van der Waals surface area contributed by atoms with Gasteiger partial charge in [-0.3, -0.25) is 0 Å². The first-order chi connectivity index (χ1) is 10.1. The van der Waals surface area contributed by atoms with E-state index >= 15 is 0 Å². The molecular formula is C21H28. The Labute approximate surface area is 130 Å². The fourth-order valence-electron chi connectivity index (χ4n) is 2.74. The third-order valence-corrected chi connectivity index (χ3v) is 4.99. The minimum absolute atomic E-state index is 0.435. The molecule has 0 spiro atoms. The van der Waals surface area contributed by atoms with Crippen LogP contribution >= 0.6 is 0 Å². The van der Waals surface area contributed by atoms with Crippen LogP contribution in [0, 0.1) is 5.41 Å². The zero-order valence-corrected chi connectivity index (χ0v) is 13.9. The SMILES string of the molecule is CCc1ccc(-c2ccc(CC(C)(CC)CC)cc2)cc1. The highest BCUT2D eigenvalue weighted by atomic mass is 14.2. The smallest absolute Gasteiger partial charge is 0.0184 e. The zero-order valence-electron chi connectivity index (χ0n) is 13.9. The van der Waals surface area contributed by atoms with Crippen LogP contribution < -0.4 is 0 Å². The van der Waals surface area contributed by atoms with Crippen molar-refractivity contribution in [1.29, 1.82) is 0 Å². The van der Waals surface area contributed by atoms with Gasteiger partial charge in [0.15, 0.2) is 0 Å². The highest BCUT2D eigenvalue weighted by Crippen LogP contribution is 2.31. The molecule has 2 aromatic rings. The van der Waals surface area contributed by atoms with Gasteiger partial charge in [-0.1, -0.05) is 89.1 Å². The Morgan fingerprint density at radius 3 is 1.48 bits per heavy atom. The van der Waals surface area contributed by atoms with E-state index in [2.05, 4.69) is 76.2 Å². The van der Waals surface area contributed by atoms with Crippen molar-refractivity contribution in [2.75, 3.05) is 0 Å². The van der Waals surface area contributed by atoms with Gasteiger partial charge in [-0.15, -0.1) is 0 Å². The van der Waals surface area contributed by atoms with E-state index in [9.17, 15) is 0 Å². The molecule has 0 atom stereocenters. The van der Waals surface area contributed by atoms with Crippen molar-refractivity contribution in [3.8, 4) is 11.1 Å². The van der Waals surface area contributed by atoms with E-state index in [1.54, 1.807) is 0 Å². The van der Waals surface area contributed by atoms with Gasteiger partial charge < -0.3 is 0 Å². The summed E-state index contributed by atoms with van der Waals surface area (Å²) in [5.74, 6) is 0. The van der Waals surface area contributed by atoms with Crippen LogP contribution in [0.2, 0.25) is 0 Å². The van der Waals surface area contributed by atoms with Crippen molar-refractivity contribution in [3.63, 3.8) is 0 Å². The lowest BCUT2D eigenvalue weighted by Crippen LogP contribution is -2.17. The topological polar surface area (TPSA) is 0 Å². The van der Waals surface area contributed by atoms with Crippen LogP contribution in [0.25, 0.3) is 11.1 Å². The fourth-order valence-corrected chi connectivity index (χ4v) is 2.74. The van der Waals surface area contributed by atoms with Crippen LogP contribution in [0.5, 0.6) is 0 Å². The van der Waals surface area contributed by atoms with Gasteiger partial charge in [-0.05, 0) is 40.5 Å². The van der Waals surface area contributed by atoms with Gasteiger partial charge in [0.1, 0.15) is 0 Å². The third-order valence-electron chi connectivity index (χ3n) is 4.99. The van der Waals surface area contributed by atoms with Crippen LogP contribution in [0.4, 0.5) is 0 Å². The van der Waals surface area contributed by atoms with Crippen molar-refractivity contribution < 1.29 is 0 Å². The number of aryl methyl sites for hydroxylation is 1. The van der Waals surface area contributed by atoms with E-state index in [1.165, 1.54) is 41.5 Å². The molecule has 2 rings (SSSR count). The molecule has 0 heterocycles. The molecule has 21 heavy (non-hydrogen) atoms. The Hall–Kier alpha value is -1.56. The van der Waals surface area contributed by atoms with Crippen molar-refractivity contribution in [1.82, 2.24) is 0 Å². The van der Waals surface area contributed by atoms with Crippen LogP contribution in [-0.4, -0.2) is 0 Å². The lowest BCUT2D eigenvalue weighted by molar-refractivity contribution is 0.296. The molecule has 0 saturated carbocycles. The molecule has 0 unspecified atom stereocenters. The maximum absolute atomic E-state index is 2.39. The summed E-state index contributed by atoms with van der Waals surface area (Å²) in [6.45, 7) is 9.19. The van der Waals surface area contributed by atoms with Crippen LogP contribution in [0.1, 0.15) is 51.7 Å². The maximum atomic E-state index is 2.39. The van der Waals surface area contributed by atoms with Gasteiger partial charge in [0.25, 0.3) is 0 Å². The molecule has 0 fully saturated rings. The van der Waals surface area contributed by atoms with E-state index in [4.69, 9.17) is 0 Å². The molecule has 0 bridgehead atoms. The molecular weight excluding hydrogens is 252 g/mol. The monoisotopic (exact) mass is 280 g/mol. The van der Waals surface area contributed by atoms with E-state index in [0.29, 0.717) is 5.41 Å². The first kappa shape index (κ1) is 15.8. The van der Waals surface area contributed by atoms with E-state index in [-0.39, 0.29) is 0 Å². The van der Waals surface area contributed by atoms with Gasteiger partial charge >= 0.3 is 0 Å². The largest absolute Gasteiger partial charge is 0.0649 e. The van der Waals surface area contributed by atoms with Gasteiger partial charge in [-0.2, -0.15) is 0 Å².